The standard InChI is InChI=1S/C23H25N9O4S/c1-4-24-22(33)29-18-6-14(21-28-17(11-37-21)13-8-27-32(2)10-13)16(9-25-18)12-5-15(19(35-3)26-7-12)20-30-31-23(34)36-20/h7-8,10-11,15H,4-6,9H2,1-3H3,(H,31,34)(H2,24,25,29,33). The van der Waals surface area contributed by atoms with E-state index in [4.69, 9.17) is 14.1 Å². The van der Waals surface area contributed by atoms with Gasteiger partial charge in [-0.05, 0) is 24.5 Å². The van der Waals surface area contributed by atoms with Gasteiger partial charge in [0, 0.05) is 48.9 Å². The maximum absolute atomic E-state index is 12.2. The summed E-state index contributed by atoms with van der Waals surface area (Å²) in [7, 11) is 3.37. The number of methoxy groups -OCH3 is 1. The smallest absolute Gasteiger partial charge is 0.434 e. The number of nitrogens with zero attached hydrogens (tertiary/aromatic N) is 6. The lowest BCUT2D eigenvalue weighted by Crippen LogP contribution is -2.40. The quantitative estimate of drug-likeness (QED) is 0.461. The first-order valence-corrected chi connectivity index (χ1v) is 12.4. The van der Waals surface area contributed by atoms with Crippen molar-refractivity contribution in [1.29, 1.82) is 0 Å². The minimum atomic E-state index is -0.643. The van der Waals surface area contributed by atoms with Crippen LogP contribution in [0.5, 0.6) is 0 Å². The zero-order chi connectivity index (χ0) is 25.9. The molecule has 192 valence electrons. The number of aromatic nitrogens is 5. The Morgan fingerprint density at radius 3 is 2.95 bits per heavy atom. The molecule has 3 aromatic heterocycles. The van der Waals surface area contributed by atoms with Crippen LogP contribution >= 0.6 is 11.3 Å². The third-order valence-electron chi connectivity index (χ3n) is 5.91. The Kier molecular flexibility index (Phi) is 6.81. The van der Waals surface area contributed by atoms with Gasteiger partial charge in [0.25, 0.3) is 0 Å². The van der Waals surface area contributed by atoms with E-state index < -0.39 is 11.7 Å². The van der Waals surface area contributed by atoms with E-state index in [-0.39, 0.29) is 11.9 Å². The lowest BCUT2D eigenvalue weighted by molar-refractivity contribution is 0.245. The van der Waals surface area contributed by atoms with Crippen molar-refractivity contribution in [2.24, 2.45) is 17.0 Å². The number of carbonyl (C=O) groups is 1. The van der Waals surface area contributed by atoms with Gasteiger partial charge in [-0.3, -0.25) is 15.0 Å². The topological polar surface area (TPSA) is 165 Å². The van der Waals surface area contributed by atoms with Crippen LogP contribution in [0.3, 0.4) is 0 Å². The maximum atomic E-state index is 12.2. The molecule has 0 spiro atoms. The number of ether oxygens (including phenoxy) is 1. The summed E-state index contributed by atoms with van der Waals surface area (Å²) in [6.45, 7) is 2.68. The number of hydrogen-bond acceptors (Lipinski definition) is 10. The number of carbonyl (C=O) groups excluding carboxylic acids is 1. The summed E-state index contributed by atoms with van der Waals surface area (Å²) < 4.78 is 12.4. The van der Waals surface area contributed by atoms with Gasteiger partial charge in [0.15, 0.2) is 0 Å². The SMILES string of the molecule is CCNC(=O)NC1=NCC(C2=CN=C(OC)C(c3n[nH]c(=O)o3)C2)=C(c2nc(-c3cnn(C)c3)cs2)C1. The van der Waals surface area contributed by atoms with Crippen LogP contribution < -0.4 is 16.4 Å². The van der Waals surface area contributed by atoms with Crippen molar-refractivity contribution in [2.75, 3.05) is 20.2 Å². The number of amides is 2. The molecule has 0 saturated carbocycles. The molecule has 0 fully saturated rings. The summed E-state index contributed by atoms with van der Waals surface area (Å²) in [6, 6.07) is -0.306. The van der Waals surface area contributed by atoms with E-state index in [0.29, 0.717) is 37.7 Å². The first kappa shape index (κ1) is 24.4. The molecule has 2 aliphatic heterocycles. The van der Waals surface area contributed by atoms with Gasteiger partial charge >= 0.3 is 11.8 Å². The highest BCUT2D eigenvalue weighted by Crippen LogP contribution is 2.38. The number of urea groups is 1. The van der Waals surface area contributed by atoms with Crippen LogP contribution in [-0.4, -0.2) is 62.9 Å². The highest BCUT2D eigenvalue weighted by Gasteiger charge is 2.32. The second kappa shape index (κ2) is 10.3. The number of aromatic amines is 1. The lowest BCUT2D eigenvalue weighted by atomic mass is 9.88. The molecule has 0 bridgehead atoms. The molecule has 5 heterocycles. The first-order valence-electron chi connectivity index (χ1n) is 11.6. The normalized spacial score (nSPS) is 17.7. The molecule has 13 nitrogen and oxygen atoms in total. The predicted molar refractivity (Wildman–Crippen MR) is 137 cm³/mol. The van der Waals surface area contributed by atoms with Gasteiger partial charge in [-0.15, -0.1) is 16.4 Å². The molecular formula is C23H25N9O4S. The number of rotatable bonds is 5. The fourth-order valence-electron chi connectivity index (χ4n) is 4.19. The van der Waals surface area contributed by atoms with Gasteiger partial charge in [-0.2, -0.15) is 5.10 Å². The molecule has 0 aliphatic carbocycles. The Hall–Kier alpha value is -4.33. The Labute approximate surface area is 215 Å². The average molecular weight is 524 g/mol. The predicted octanol–water partition coefficient (Wildman–Crippen LogP) is 2.21. The summed E-state index contributed by atoms with van der Waals surface area (Å²) in [5.74, 6) is 0.0287. The summed E-state index contributed by atoms with van der Waals surface area (Å²) >= 11 is 1.51. The molecule has 2 aliphatic rings. The number of dihydropyridines is 1. The Bertz CT molecular complexity index is 1500. The molecule has 1 atom stereocenters. The number of hydrogen-bond donors (Lipinski definition) is 3. The van der Waals surface area contributed by atoms with Crippen molar-refractivity contribution < 1.29 is 13.9 Å². The fourth-order valence-corrected chi connectivity index (χ4v) is 5.09. The van der Waals surface area contributed by atoms with Crippen LogP contribution in [0.4, 0.5) is 4.79 Å². The van der Waals surface area contributed by atoms with Crippen LogP contribution in [-0.2, 0) is 11.8 Å². The number of aryl methyl sites for hydroxylation is 1. The second-order valence-electron chi connectivity index (χ2n) is 8.36. The zero-order valence-electron chi connectivity index (χ0n) is 20.4. The molecule has 3 aromatic rings. The molecular weight excluding hydrogens is 498 g/mol. The van der Waals surface area contributed by atoms with E-state index in [1.165, 1.54) is 18.4 Å². The average Bonchev–Trinajstić information content (AvgIpc) is 3.65. The number of amidine groups is 1. The Balaban J connectivity index is 1.51. The zero-order valence-corrected chi connectivity index (χ0v) is 21.3. The largest absolute Gasteiger partial charge is 0.483 e. The monoisotopic (exact) mass is 523 g/mol. The molecule has 2 amide bonds. The third-order valence-corrected chi connectivity index (χ3v) is 6.82. The van der Waals surface area contributed by atoms with Crippen molar-refractivity contribution in [3.63, 3.8) is 0 Å². The van der Waals surface area contributed by atoms with Crippen LogP contribution in [0.15, 0.2) is 54.3 Å². The number of nitrogens with one attached hydrogen (secondary N) is 3. The maximum Gasteiger partial charge on any atom is 0.434 e. The van der Waals surface area contributed by atoms with Gasteiger partial charge in [0.1, 0.15) is 16.8 Å². The molecule has 0 radical (unpaired) electrons. The van der Waals surface area contributed by atoms with E-state index in [2.05, 4.69) is 35.9 Å². The molecule has 0 aromatic carbocycles. The number of H-pyrrole nitrogens is 1. The molecule has 0 saturated heterocycles. The molecule has 5 rings (SSSR count). The summed E-state index contributed by atoms with van der Waals surface area (Å²) in [6.07, 6.45) is 6.24. The number of thiazole rings is 1. The molecule has 1 unspecified atom stereocenters. The van der Waals surface area contributed by atoms with Gasteiger partial charge < -0.3 is 14.5 Å². The first-order chi connectivity index (χ1) is 17.9. The molecule has 14 heteroatoms. The molecule has 37 heavy (non-hydrogen) atoms. The minimum Gasteiger partial charge on any atom is -0.483 e. The summed E-state index contributed by atoms with van der Waals surface area (Å²) in [5, 5.41) is 18.9. The second-order valence-corrected chi connectivity index (χ2v) is 9.21. The lowest BCUT2D eigenvalue weighted by Gasteiger charge is -2.25. The van der Waals surface area contributed by atoms with Crippen LogP contribution in [0.25, 0.3) is 16.8 Å². The van der Waals surface area contributed by atoms with E-state index in [0.717, 1.165) is 33.0 Å². The fraction of sp³-hybridized carbons (Fsp3) is 0.348. The molecule has 3 N–H and O–H groups in total. The summed E-state index contributed by atoms with van der Waals surface area (Å²) in [5.41, 5.74) is 4.50. The van der Waals surface area contributed by atoms with Crippen molar-refractivity contribution in [2.45, 2.75) is 25.7 Å². The van der Waals surface area contributed by atoms with Crippen LogP contribution in [0, 0.1) is 0 Å². The van der Waals surface area contributed by atoms with Crippen molar-refractivity contribution in [3.8, 4) is 11.3 Å². The van der Waals surface area contributed by atoms with Crippen LogP contribution in [0.2, 0.25) is 0 Å². The Morgan fingerprint density at radius 2 is 2.24 bits per heavy atom. The number of aliphatic imine (C=N–C) groups is 2. The minimum absolute atomic E-state index is 0.198. The highest BCUT2D eigenvalue weighted by molar-refractivity contribution is 7.11. The van der Waals surface area contributed by atoms with E-state index in [1.807, 2.05) is 25.5 Å². The van der Waals surface area contributed by atoms with Gasteiger partial charge in [0.05, 0.1) is 25.5 Å². The summed E-state index contributed by atoms with van der Waals surface area (Å²) in [4.78, 5) is 37.7. The van der Waals surface area contributed by atoms with Gasteiger partial charge in [0.2, 0.25) is 11.8 Å². The van der Waals surface area contributed by atoms with Gasteiger partial charge in [-0.1, -0.05) is 0 Å². The van der Waals surface area contributed by atoms with Crippen molar-refractivity contribution >= 4 is 34.7 Å². The Morgan fingerprint density at radius 1 is 1.38 bits per heavy atom. The third kappa shape index (κ3) is 5.14. The highest BCUT2D eigenvalue weighted by atomic mass is 32.1. The van der Waals surface area contributed by atoms with E-state index in [9.17, 15) is 9.59 Å². The van der Waals surface area contributed by atoms with E-state index >= 15 is 0 Å². The van der Waals surface area contributed by atoms with Crippen molar-refractivity contribution in [1.82, 2.24) is 35.6 Å². The van der Waals surface area contributed by atoms with E-state index in [1.54, 1.807) is 17.1 Å². The van der Waals surface area contributed by atoms with Gasteiger partial charge in [-0.25, -0.2) is 24.7 Å². The van der Waals surface area contributed by atoms with Crippen LogP contribution in [0.1, 0.15) is 36.6 Å². The van der Waals surface area contributed by atoms with Crippen molar-refractivity contribution in [3.05, 3.63) is 56.6 Å².